The molecule has 3 amide bonds. The van der Waals surface area contributed by atoms with Gasteiger partial charge in [0.05, 0.1) is 5.92 Å². The number of nitrogens with zero attached hydrogens (tertiary/aromatic N) is 2. The van der Waals surface area contributed by atoms with Gasteiger partial charge in [-0.25, -0.2) is 9.37 Å². The summed E-state index contributed by atoms with van der Waals surface area (Å²) >= 11 is 1.18. The van der Waals surface area contributed by atoms with Crippen LogP contribution < -0.4 is 16.4 Å². The van der Waals surface area contributed by atoms with Crippen molar-refractivity contribution in [1.82, 2.24) is 20.5 Å². The van der Waals surface area contributed by atoms with Crippen molar-refractivity contribution < 1.29 is 38.2 Å². The Morgan fingerprint density at radius 3 is 2.20 bits per heavy atom. The van der Waals surface area contributed by atoms with Gasteiger partial charge in [-0.05, 0) is 68.8 Å². The summed E-state index contributed by atoms with van der Waals surface area (Å²) in [6.07, 6.45) is 4.10. The Morgan fingerprint density at radius 2 is 1.67 bits per heavy atom. The van der Waals surface area contributed by atoms with Crippen molar-refractivity contribution in [1.29, 1.82) is 0 Å². The molecule has 286 valence electrons. The molecule has 12 nitrogen and oxygen atoms in total. The van der Waals surface area contributed by atoms with Crippen molar-refractivity contribution in [2.75, 3.05) is 20.6 Å². The van der Waals surface area contributed by atoms with Gasteiger partial charge in [-0.3, -0.25) is 24.0 Å². The van der Waals surface area contributed by atoms with Crippen LogP contribution in [0.1, 0.15) is 114 Å². The van der Waals surface area contributed by atoms with Crippen molar-refractivity contribution in [3.05, 3.63) is 51.7 Å². The second-order valence-electron chi connectivity index (χ2n) is 13.7. The fraction of sp³-hybridized carbons (Fsp3) is 0.622. The lowest BCUT2D eigenvalue weighted by Crippen LogP contribution is -2.42. The Morgan fingerprint density at radius 1 is 1.02 bits per heavy atom. The lowest BCUT2D eigenvalue weighted by Gasteiger charge is -2.34. The van der Waals surface area contributed by atoms with Gasteiger partial charge in [0.15, 0.2) is 6.10 Å². The topological polar surface area (TPSA) is 181 Å². The number of ether oxygens (including phenoxy) is 1. The molecule has 1 heterocycles. The average Bonchev–Trinajstić information content (AvgIpc) is 3.54. The SMILES string of the molecule is CC(=O)OC(CC(C(C)C)N(C)C(=O)CC(C)C)c1nc(C(=O)NC(Cc2ccc(F)cc2)CC(C)C(=O)O)cs1.CNCCCCCC(N)=O. The minimum absolute atomic E-state index is 0.00210. The average molecular weight is 736 g/mol. The highest BCUT2D eigenvalue weighted by Crippen LogP contribution is 2.31. The van der Waals surface area contributed by atoms with Crippen LogP contribution in [0.25, 0.3) is 0 Å². The molecule has 0 aliphatic heterocycles. The number of amides is 3. The molecule has 0 saturated carbocycles. The standard InChI is InChI=1S/C30H42FN3O6S.C7H16N2O/c1-17(2)12-27(36)34(7)25(18(3)4)15-26(40-20(6)35)29-33-24(16-41-29)28(37)32-23(13-19(5)30(38)39)14-21-8-10-22(31)11-9-21;1-9-6-4-2-3-5-7(8)10/h8-11,16-19,23,25-26H,12-15H2,1-7H3,(H,32,37)(H,38,39);9H,2-6H2,1H3,(H2,8,10). The first-order valence-electron chi connectivity index (χ1n) is 17.5. The maximum Gasteiger partial charge on any atom is 0.306 e. The van der Waals surface area contributed by atoms with Gasteiger partial charge < -0.3 is 31.1 Å². The second kappa shape index (κ2) is 23.5. The Hall–Kier alpha value is -3.91. The maximum absolute atomic E-state index is 13.4. The molecule has 0 spiro atoms. The fourth-order valence-corrected chi connectivity index (χ4v) is 6.22. The highest BCUT2D eigenvalue weighted by molar-refractivity contribution is 7.09. The van der Waals surface area contributed by atoms with E-state index < -0.39 is 35.9 Å². The van der Waals surface area contributed by atoms with E-state index in [1.165, 1.54) is 30.4 Å². The third kappa shape index (κ3) is 18.2. The highest BCUT2D eigenvalue weighted by Gasteiger charge is 2.31. The lowest BCUT2D eigenvalue weighted by atomic mass is 9.95. The number of nitrogens with one attached hydrogen (secondary N) is 2. The zero-order valence-electron chi connectivity index (χ0n) is 31.4. The number of aromatic nitrogens is 1. The van der Waals surface area contributed by atoms with Gasteiger partial charge in [0, 0.05) is 50.7 Å². The van der Waals surface area contributed by atoms with Crippen molar-refractivity contribution in [3.8, 4) is 0 Å². The summed E-state index contributed by atoms with van der Waals surface area (Å²) < 4.78 is 19.0. The number of nitrogens with two attached hydrogens (primary N) is 1. The summed E-state index contributed by atoms with van der Waals surface area (Å²) in [6, 6.07) is 5.05. The zero-order chi connectivity index (χ0) is 38.7. The molecule has 1 aromatic heterocycles. The molecule has 2 aromatic rings. The van der Waals surface area contributed by atoms with Crippen LogP contribution in [0, 0.1) is 23.6 Å². The summed E-state index contributed by atoms with van der Waals surface area (Å²) in [4.78, 5) is 65.9. The molecule has 4 unspecified atom stereocenters. The number of hydrogen-bond donors (Lipinski definition) is 4. The number of benzene rings is 1. The van der Waals surface area contributed by atoms with Gasteiger partial charge in [-0.1, -0.05) is 53.2 Å². The van der Waals surface area contributed by atoms with E-state index in [4.69, 9.17) is 10.5 Å². The van der Waals surface area contributed by atoms with Crippen LogP contribution >= 0.6 is 11.3 Å². The summed E-state index contributed by atoms with van der Waals surface area (Å²) in [7, 11) is 3.67. The second-order valence-corrected chi connectivity index (χ2v) is 14.6. The Bertz CT molecular complexity index is 1390. The van der Waals surface area contributed by atoms with Gasteiger partial charge >= 0.3 is 11.9 Å². The van der Waals surface area contributed by atoms with E-state index in [0.29, 0.717) is 30.7 Å². The molecule has 4 atom stereocenters. The molecule has 0 bridgehead atoms. The molecule has 51 heavy (non-hydrogen) atoms. The molecular weight excluding hydrogens is 678 g/mol. The van der Waals surface area contributed by atoms with Gasteiger partial charge in [-0.15, -0.1) is 11.3 Å². The number of carboxylic acid groups (broad SMARTS) is 1. The zero-order valence-corrected chi connectivity index (χ0v) is 32.2. The number of primary amides is 1. The summed E-state index contributed by atoms with van der Waals surface area (Å²) in [6.45, 7) is 11.8. The molecular formula is C37H58FN5O7S. The van der Waals surface area contributed by atoms with Crippen molar-refractivity contribution in [3.63, 3.8) is 0 Å². The Labute approximate surface area is 306 Å². The van der Waals surface area contributed by atoms with Gasteiger partial charge in [0.2, 0.25) is 11.8 Å². The van der Waals surface area contributed by atoms with Crippen LogP contribution in [-0.2, 0) is 30.3 Å². The highest BCUT2D eigenvalue weighted by atomic mass is 32.1. The van der Waals surface area contributed by atoms with E-state index in [0.717, 1.165) is 31.4 Å². The van der Waals surface area contributed by atoms with E-state index in [1.807, 2.05) is 34.7 Å². The third-order valence-corrected chi connectivity index (χ3v) is 9.11. The molecule has 1 aromatic carbocycles. The Balaban J connectivity index is 0.00000113. The minimum Gasteiger partial charge on any atom is -0.481 e. The van der Waals surface area contributed by atoms with Crippen LogP contribution in [0.4, 0.5) is 4.39 Å². The number of rotatable bonds is 21. The van der Waals surface area contributed by atoms with Crippen LogP contribution in [0.2, 0.25) is 0 Å². The first kappa shape index (κ1) is 45.1. The van der Waals surface area contributed by atoms with E-state index in [2.05, 4.69) is 15.6 Å². The molecule has 14 heteroatoms. The number of esters is 1. The molecule has 5 N–H and O–H groups in total. The number of aliphatic carboxylic acids is 1. The first-order chi connectivity index (χ1) is 23.9. The van der Waals surface area contributed by atoms with E-state index in [9.17, 15) is 33.5 Å². The quantitative estimate of drug-likeness (QED) is 0.0950. The summed E-state index contributed by atoms with van der Waals surface area (Å²) in [5.41, 5.74) is 5.81. The monoisotopic (exact) mass is 735 g/mol. The number of unbranched alkanes of at least 4 members (excludes halogenated alkanes) is 2. The number of thiazole rings is 1. The smallest absolute Gasteiger partial charge is 0.306 e. The van der Waals surface area contributed by atoms with Crippen molar-refractivity contribution in [2.24, 2.45) is 23.5 Å². The first-order valence-corrected chi connectivity index (χ1v) is 18.4. The van der Waals surface area contributed by atoms with Crippen LogP contribution in [0.5, 0.6) is 0 Å². The predicted molar refractivity (Wildman–Crippen MR) is 196 cm³/mol. The summed E-state index contributed by atoms with van der Waals surface area (Å²) in [5.74, 6) is -3.01. The van der Waals surface area contributed by atoms with Crippen LogP contribution in [0.3, 0.4) is 0 Å². The van der Waals surface area contributed by atoms with Crippen LogP contribution in [0.15, 0.2) is 29.6 Å². The van der Waals surface area contributed by atoms with E-state index in [1.54, 1.807) is 36.4 Å². The number of halogens is 1. The molecule has 0 aliphatic rings. The number of carbonyl (C=O) groups is 5. The minimum atomic E-state index is -0.986. The predicted octanol–water partition coefficient (Wildman–Crippen LogP) is 5.51. The van der Waals surface area contributed by atoms with E-state index in [-0.39, 0.29) is 47.6 Å². The largest absolute Gasteiger partial charge is 0.481 e. The Kier molecular flexibility index (Phi) is 20.8. The third-order valence-electron chi connectivity index (χ3n) is 8.18. The molecule has 0 radical (unpaired) electrons. The molecule has 0 saturated heterocycles. The van der Waals surface area contributed by atoms with E-state index >= 15 is 0 Å². The van der Waals surface area contributed by atoms with Gasteiger partial charge in [0.1, 0.15) is 16.5 Å². The molecule has 0 aliphatic carbocycles. The maximum atomic E-state index is 13.4. The number of carboxylic acids is 1. The van der Waals surface area contributed by atoms with Crippen molar-refractivity contribution >= 4 is 41.0 Å². The molecule has 2 rings (SSSR count). The fourth-order valence-electron chi connectivity index (χ4n) is 5.38. The normalized spacial score (nSPS) is 13.4. The van der Waals surface area contributed by atoms with Gasteiger partial charge in [0.25, 0.3) is 5.91 Å². The number of hydrogen-bond acceptors (Lipinski definition) is 9. The summed E-state index contributed by atoms with van der Waals surface area (Å²) in [5, 5.41) is 17.3. The van der Waals surface area contributed by atoms with Crippen molar-refractivity contribution in [2.45, 2.75) is 111 Å². The lowest BCUT2D eigenvalue weighted by molar-refractivity contribution is -0.148. The number of carbonyl (C=O) groups excluding carboxylic acids is 4. The molecule has 0 fully saturated rings. The van der Waals surface area contributed by atoms with Crippen LogP contribution in [-0.4, -0.2) is 77.4 Å². The van der Waals surface area contributed by atoms with Gasteiger partial charge in [-0.2, -0.15) is 0 Å².